The van der Waals surface area contributed by atoms with Crippen molar-refractivity contribution in [1.82, 2.24) is 0 Å². The molecule has 0 aromatic carbocycles. The van der Waals surface area contributed by atoms with Gasteiger partial charge in [0, 0.05) is 6.42 Å². The standard InChI is InChI=1S/C13H26O5/c1-3-5-7-9-11(14)17-12(18-13(15)16)10-8-6-4-2/h11-12,14H,3-10H2,1-2H3,(H,15,16). The fourth-order valence-corrected chi connectivity index (χ4v) is 1.64. The monoisotopic (exact) mass is 262 g/mol. The highest BCUT2D eigenvalue weighted by Crippen LogP contribution is 2.13. The summed E-state index contributed by atoms with van der Waals surface area (Å²) < 4.78 is 9.82. The molecule has 0 fully saturated rings. The Balaban J connectivity index is 3.92. The number of aliphatic hydroxyl groups is 1. The highest BCUT2D eigenvalue weighted by Gasteiger charge is 2.17. The summed E-state index contributed by atoms with van der Waals surface area (Å²) >= 11 is 0. The van der Waals surface area contributed by atoms with Crippen LogP contribution in [0.1, 0.15) is 65.2 Å². The first-order valence-electron chi connectivity index (χ1n) is 6.83. The van der Waals surface area contributed by atoms with E-state index in [4.69, 9.17) is 9.84 Å². The molecule has 2 N–H and O–H groups in total. The number of carboxylic acid groups (broad SMARTS) is 1. The van der Waals surface area contributed by atoms with Gasteiger partial charge < -0.3 is 19.7 Å². The number of carbonyl (C=O) groups is 1. The Morgan fingerprint density at radius 2 is 1.61 bits per heavy atom. The molecule has 0 aliphatic carbocycles. The van der Waals surface area contributed by atoms with Crippen molar-refractivity contribution < 1.29 is 24.5 Å². The van der Waals surface area contributed by atoms with Crippen LogP contribution < -0.4 is 0 Å². The molecule has 0 amide bonds. The first kappa shape index (κ1) is 17.2. The molecule has 18 heavy (non-hydrogen) atoms. The Morgan fingerprint density at radius 1 is 1.06 bits per heavy atom. The third kappa shape index (κ3) is 10.4. The first-order valence-corrected chi connectivity index (χ1v) is 6.83. The van der Waals surface area contributed by atoms with E-state index in [1.165, 1.54) is 0 Å². The lowest BCUT2D eigenvalue weighted by Crippen LogP contribution is -2.26. The van der Waals surface area contributed by atoms with Crippen LogP contribution in [0.5, 0.6) is 0 Å². The van der Waals surface area contributed by atoms with Crippen molar-refractivity contribution in [2.75, 3.05) is 0 Å². The summed E-state index contributed by atoms with van der Waals surface area (Å²) in [5.74, 6) is 0. The Kier molecular flexibility index (Phi) is 10.8. The molecule has 0 spiro atoms. The van der Waals surface area contributed by atoms with E-state index in [9.17, 15) is 9.90 Å². The molecule has 0 saturated heterocycles. The van der Waals surface area contributed by atoms with E-state index in [1.807, 2.05) is 0 Å². The molecular formula is C13H26O5. The molecule has 0 saturated carbocycles. The Labute approximate surface area is 109 Å². The molecule has 0 aromatic rings. The third-order valence-electron chi connectivity index (χ3n) is 2.64. The maximum absolute atomic E-state index is 10.5. The van der Waals surface area contributed by atoms with Gasteiger partial charge in [-0.1, -0.05) is 39.5 Å². The van der Waals surface area contributed by atoms with Crippen LogP contribution in [-0.4, -0.2) is 28.9 Å². The van der Waals surface area contributed by atoms with Gasteiger partial charge in [0.1, 0.15) is 0 Å². The minimum atomic E-state index is -1.36. The maximum Gasteiger partial charge on any atom is 0.508 e. The molecule has 0 radical (unpaired) electrons. The molecule has 0 aliphatic rings. The van der Waals surface area contributed by atoms with Crippen molar-refractivity contribution in [3.63, 3.8) is 0 Å². The lowest BCUT2D eigenvalue weighted by atomic mass is 10.2. The van der Waals surface area contributed by atoms with Gasteiger partial charge in [-0.15, -0.1) is 0 Å². The normalized spacial score (nSPS) is 14.2. The maximum atomic E-state index is 10.5. The predicted octanol–water partition coefficient (Wildman–Crippen LogP) is 3.50. The van der Waals surface area contributed by atoms with Gasteiger partial charge in [-0.3, -0.25) is 0 Å². The minimum absolute atomic E-state index is 0.491. The van der Waals surface area contributed by atoms with E-state index in [0.717, 1.165) is 38.5 Å². The summed E-state index contributed by atoms with van der Waals surface area (Å²) in [7, 11) is 0. The number of ether oxygens (including phenoxy) is 2. The van der Waals surface area contributed by atoms with Crippen LogP contribution >= 0.6 is 0 Å². The average molecular weight is 262 g/mol. The van der Waals surface area contributed by atoms with Crippen molar-refractivity contribution in [2.24, 2.45) is 0 Å². The van der Waals surface area contributed by atoms with Crippen LogP contribution in [-0.2, 0) is 9.47 Å². The average Bonchev–Trinajstić information content (AvgIpc) is 2.28. The van der Waals surface area contributed by atoms with E-state index < -0.39 is 18.7 Å². The summed E-state index contributed by atoms with van der Waals surface area (Å²) in [6.45, 7) is 4.14. The molecule has 0 bridgehead atoms. The van der Waals surface area contributed by atoms with E-state index in [1.54, 1.807) is 0 Å². The van der Waals surface area contributed by atoms with E-state index in [2.05, 4.69) is 18.6 Å². The van der Waals surface area contributed by atoms with Crippen molar-refractivity contribution in [3.05, 3.63) is 0 Å². The molecule has 108 valence electrons. The molecule has 0 heterocycles. The van der Waals surface area contributed by atoms with E-state index in [-0.39, 0.29) is 0 Å². The zero-order valence-corrected chi connectivity index (χ0v) is 11.4. The Morgan fingerprint density at radius 3 is 2.11 bits per heavy atom. The summed E-state index contributed by atoms with van der Waals surface area (Å²) in [5, 5.41) is 18.2. The largest absolute Gasteiger partial charge is 0.508 e. The Hall–Kier alpha value is -0.810. The molecule has 2 unspecified atom stereocenters. The van der Waals surface area contributed by atoms with Crippen LogP contribution in [0, 0.1) is 0 Å². The number of hydrogen-bond donors (Lipinski definition) is 2. The lowest BCUT2D eigenvalue weighted by Gasteiger charge is -2.20. The fraction of sp³-hybridized carbons (Fsp3) is 0.923. The summed E-state index contributed by atoms with van der Waals surface area (Å²) in [6.07, 6.45) is 3.67. The van der Waals surface area contributed by atoms with Crippen LogP contribution in [0.3, 0.4) is 0 Å². The molecular weight excluding hydrogens is 236 g/mol. The second-order valence-corrected chi connectivity index (χ2v) is 4.40. The van der Waals surface area contributed by atoms with Crippen molar-refractivity contribution in [2.45, 2.75) is 77.8 Å². The number of hydrogen-bond acceptors (Lipinski definition) is 4. The predicted molar refractivity (Wildman–Crippen MR) is 68.3 cm³/mol. The fourth-order valence-electron chi connectivity index (χ4n) is 1.64. The zero-order chi connectivity index (χ0) is 13.8. The molecule has 5 nitrogen and oxygen atoms in total. The first-order chi connectivity index (χ1) is 8.60. The highest BCUT2D eigenvalue weighted by atomic mass is 16.8. The molecule has 0 rings (SSSR count). The lowest BCUT2D eigenvalue weighted by molar-refractivity contribution is -0.216. The van der Waals surface area contributed by atoms with Gasteiger partial charge in [0.2, 0.25) is 6.29 Å². The van der Waals surface area contributed by atoms with Gasteiger partial charge in [-0.05, 0) is 19.3 Å². The van der Waals surface area contributed by atoms with Crippen molar-refractivity contribution >= 4 is 6.16 Å². The van der Waals surface area contributed by atoms with Crippen LogP contribution in [0.2, 0.25) is 0 Å². The van der Waals surface area contributed by atoms with Crippen LogP contribution in [0.15, 0.2) is 0 Å². The second kappa shape index (κ2) is 11.3. The molecule has 0 aliphatic heterocycles. The Bertz CT molecular complexity index is 208. The summed E-state index contributed by atoms with van der Waals surface area (Å²) in [5.41, 5.74) is 0. The number of rotatable bonds is 11. The van der Waals surface area contributed by atoms with E-state index in [0.29, 0.717) is 12.8 Å². The molecule has 2 atom stereocenters. The van der Waals surface area contributed by atoms with Gasteiger partial charge in [0.25, 0.3) is 0 Å². The van der Waals surface area contributed by atoms with Crippen LogP contribution in [0.4, 0.5) is 4.79 Å². The molecule has 5 heteroatoms. The van der Waals surface area contributed by atoms with Crippen molar-refractivity contribution in [3.8, 4) is 0 Å². The topological polar surface area (TPSA) is 76.0 Å². The van der Waals surface area contributed by atoms with Gasteiger partial charge in [-0.2, -0.15) is 0 Å². The van der Waals surface area contributed by atoms with Crippen molar-refractivity contribution in [1.29, 1.82) is 0 Å². The molecule has 0 aromatic heterocycles. The zero-order valence-electron chi connectivity index (χ0n) is 11.4. The van der Waals surface area contributed by atoms with Gasteiger partial charge in [-0.25, -0.2) is 4.79 Å². The minimum Gasteiger partial charge on any atom is -0.450 e. The highest BCUT2D eigenvalue weighted by molar-refractivity contribution is 5.56. The SMILES string of the molecule is CCCCCC(O)OC(CCCCC)OC(=O)O. The number of aliphatic hydroxyl groups excluding tert-OH is 1. The third-order valence-corrected chi connectivity index (χ3v) is 2.64. The number of unbranched alkanes of at least 4 members (excludes halogenated alkanes) is 4. The van der Waals surface area contributed by atoms with Gasteiger partial charge in [0.05, 0.1) is 0 Å². The smallest absolute Gasteiger partial charge is 0.450 e. The summed E-state index contributed by atoms with van der Waals surface area (Å²) in [4.78, 5) is 10.5. The quantitative estimate of drug-likeness (QED) is 0.338. The van der Waals surface area contributed by atoms with E-state index >= 15 is 0 Å². The summed E-state index contributed by atoms with van der Waals surface area (Å²) in [6, 6.07) is 0. The van der Waals surface area contributed by atoms with Gasteiger partial charge in [0.15, 0.2) is 6.29 Å². The second-order valence-electron chi connectivity index (χ2n) is 4.40. The van der Waals surface area contributed by atoms with Crippen LogP contribution in [0.25, 0.3) is 0 Å². The van der Waals surface area contributed by atoms with Gasteiger partial charge >= 0.3 is 6.16 Å².